The number of nitrogens with zero attached hydrogens (tertiary/aromatic N) is 1. The maximum absolute atomic E-state index is 15.8. The molecule has 3 aromatic rings. The molecule has 0 aromatic heterocycles. The molecule has 0 saturated carbocycles. The molecule has 0 saturated heterocycles. The Morgan fingerprint density at radius 1 is 0.543 bits per heavy atom. The highest BCUT2D eigenvalue weighted by Gasteiger charge is 2.41. The molecule has 4 nitrogen and oxygen atoms in total. The Morgan fingerprint density at radius 2 is 0.913 bits per heavy atom. The summed E-state index contributed by atoms with van der Waals surface area (Å²) in [5.41, 5.74) is -0.410. The molecule has 0 radical (unpaired) electrons. The van der Waals surface area contributed by atoms with Gasteiger partial charge in [-0.1, -0.05) is 40.0 Å². The second-order valence-electron chi connectivity index (χ2n) is 11.1. The first-order valence-corrected chi connectivity index (χ1v) is 15.1. The van der Waals surface area contributed by atoms with E-state index in [2.05, 4.69) is 0 Å². The predicted molar refractivity (Wildman–Crippen MR) is 155 cm³/mol. The van der Waals surface area contributed by atoms with E-state index in [0.29, 0.717) is 50.0 Å². The minimum atomic E-state index is -2.33. The van der Waals surface area contributed by atoms with Gasteiger partial charge in [-0.2, -0.15) is 0 Å². The lowest BCUT2D eigenvalue weighted by Gasteiger charge is -2.45. The van der Waals surface area contributed by atoms with E-state index in [1.807, 2.05) is 20.8 Å². The Labute approximate surface area is 262 Å². The van der Waals surface area contributed by atoms with Gasteiger partial charge in [0.2, 0.25) is 0 Å². The number of rotatable bonds is 17. The van der Waals surface area contributed by atoms with Crippen molar-refractivity contribution in [3.63, 3.8) is 0 Å². The van der Waals surface area contributed by atoms with Crippen molar-refractivity contribution in [2.24, 2.45) is 0 Å². The minimum absolute atomic E-state index is 0.281. The quantitative estimate of drug-likeness (QED) is 0.0623. The average molecular weight is 664 g/mol. The van der Waals surface area contributed by atoms with Crippen molar-refractivity contribution in [1.82, 2.24) is 0 Å². The lowest BCUT2D eigenvalue weighted by molar-refractivity contribution is -0.956. The number of benzene rings is 3. The van der Waals surface area contributed by atoms with Crippen molar-refractivity contribution in [1.29, 1.82) is 0 Å². The van der Waals surface area contributed by atoms with Gasteiger partial charge in [-0.05, 0) is 26.2 Å². The summed E-state index contributed by atoms with van der Waals surface area (Å²) in [7, 11) is -2.33. The molecular weight excluding hydrogens is 628 g/mol. The van der Waals surface area contributed by atoms with Crippen LogP contribution in [0.2, 0.25) is 0 Å². The molecule has 14 heteroatoms. The SMILES string of the molecule is CCCC[N+](CCCC)(CCCC)C(C)c1c(OB(Oc2cc(F)c(F)c(F)c2)Oc2cc(F)c(F)c(F)c2)cc(F)c(F)c1F. The maximum Gasteiger partial charge on any atom is 0.864 e. The zero-order valence-electron chi connectivity index (χ0n) is 26.0. The number of hydrogen-bond donors (Lipinski definition) is 0. The van der Waals surface area contributed by atoms with Crippen LogP contribution in [-0.2, 0) is 0 Å². The highest BCUT2D eigenvalue weighted by Crippen LogP contribution is 2.40. The van der Waals surface area contributed by atoms with E-state index in [0.717, 1.165) is 38.5 Å². The Kier molecular flexibility index (Phi) is 13.1. The van der Waals surface area contributed by atoms with E-state index in [4.69, 9.17) is 14.0 Å². The van der Waals surface area contributed by atoms with Crippen molar-refractivity contribution >= 4 is 7.32 Å². The molecule has 3 rings (SSSR count). The van der Waals surface area contributed by atoms with Gasteiger partial charge in [0.25, 0.3) is 0 Å². The number of quaternary nitrogens is 1. The summed E-state index contributed by atoms with van der Waals surface area (Å²) in [6.07, 6.45) is 4.60. The minimum Gasteiger partial charge on any atom is -0.489 e. The van der Waals surface area contributed by atoms with Gasteiger partial charge in [0, 0.05) is 30.3 Å². The Bertz CT molecular complexity index is 1370. The largest absolute Gasteiger partial charge is 0.864 e. The van der Waals surface area contributed by atoms with Crippen molar-refractivity contribution < 1.29 is 58.0 Å². The maximum atomic E-state index is 15.8. The molecule has 0 aliphatic rings. The summed E-state index contributed by atoms with van der Waals surface area (Å²) < 4.78 is 145. The number of halogens is 9. The molecule has 0 heterocycles. The predicted octanol–water partition coefficient (Wildman–Crippen LogP) is 9.74. The molecule has 0 bridgehead atoms. The van der Waals surface area contributed by atoms with Gasteiger partial charge in [0.05, 0.1) is 25.2 Å². The summed E-state index contributed by atoms with van der Waals surface area (Å²) in [6, 6.07) is 1.23. The van der Waals surface area contributed by atoms with E-state index in [1.54, 1.807) is 6.92 Å². The third kappa shape index (κ3) is 8.62. The molecular formula is C32H36BF9NO3+. The number of hydrogen-bond acceptors (Lipinski definition) is 3. The first kappa shape index (κ1) is 36.9. The Hall–Kier alpha value is -3.55. The average Bonchev–Trinajstić information content (AvgIpc) is 3.01. The topological polar surface area (TPSA) is 27.7 Å². The molecule has 46 heavy (non-hydrogen) atoms. The number of unbranched alkanes of at least 4 members (excludes halogenated alkanes) is 3. The van der Waals surface area contributed by atoms with Crippen LogP contribution in [0.1, 0.15) is 77.8 Å². The summed E-state index contributed by atoms with van der Waals surface area (Å²) in [5.74, 6) is -17.6. The third-order valence-electron chi connectivity index (χ3n) is 7.87. The molecule has 0 fully saturated rings. The standard InChI is InChI=1S/C32H36BF9NO3/c1-5-8-11-43(12-9-6-2,13-10-7-3)19(4)28-27(18-26(38)31(41)32(28)42)46-33(44-20-14-22(34)29(39)23(35)15-20)45-21-16-24(36)30(40)25(37)17-21/h14-19H,5-13H2,1-4H3/q+1. The Balaban J connectivity index is 2.18. The molecule has 1 atom stereocenters. The van der Waals surface area contributed by atoms with Gasteiger partial charge in [-0.25, -0.2) is 39.5 Å². The van der Waals surface area contributed by atoms with Crippen LogP contribution < -0.4 is 14.0 Å². The zero-order valence-corrected chi connectivity index (χ0v) is 26.0. The van der Waals surface area contributed by atoms with E-state index < -0.39 is 88.5 Å². The van der Waals surface area contributed by atoms with Gasteiger partial charge in [-0.15, -0.1) is 0 Å². The van der Waals surface area contributed by atoms with Gasteiger partial charge < -0.3 is 18.4 Å². The smallest absolute Gasteiger partial charge is 0.489 e. The molecule has 0 aliphatic heterocycles. The van der Waals surface area contributed by atoms with Gasteiger partial charge in [-0.3, -0.25) is 0 Å². The highest BCUT2D eigenvalue weighted by atomic mass is 19.2. The molecule has 3 aromatic carbocycles. The van der Waals surface area contributed by atoms with Crippen LogP contribution in [-0.4, -0.2) is 31.4 Å². The molecule has 0 N–H and O–H groups in total. The first-order valence-electron chi connectivity index (χ1n) is 15.1. The van der Waals surface area contributed by atoms with Crippen molar-refractivity contribution in [3.8, 4) is 17.2 Å². The van der Waals surface area contributed by atoms with Gasteiger partial charge in [0.1, 0.15) is 23.3 Å². The molecule has 1 unspecified atom stereocenters. The van der Waals surface area contributed by atoms with E-state index in [9.17, 15) is 35.1 Å². The van der Waals surface area contributed by atoms with Crippen LogP contribution in [0.4, 0.5) is 39.5 Å². The molecule has 0 spiro atoms. The fourth-order valence-electron chi connectivity index (χ4n) is 5.28. The van der Waals surface area contributed by atoms with Gasteiger partial charge >= 0.3 is 7.32 Å². The molecule has 0 aliphatic carbocycles. The second-order valence-corrected chi connectivity index (χ2v) is 11.1. The van der Waals surface area contributed by atoms with E-state index >= 15 is 4.39 Å². The fraction of sp³-hybridized carbons (Fsp3) is 0.438. The van der Waals surface area contributed by atoms with Crippen molar-refractivity contribution in [3.05, 3.63) is 88.3 Å². The van der Waals surface area contributed by atoms with E-state index in [-0.39, 0.29) is 4.48 Å². The van der Waals surface area contributed by atoms with Crippen LogP contribution in [0.5, 0.6) is 17.2 Å². The van der Waals surface area contributed by atoms with Crippen LogP contribution >= 0.6 is 0 Å². The molecule has 252 valence electrons. The van der Waals surface area contributed by atoms with E-state index in [1.165, 1.54) is 0 Å². The van der Waals surface area contributed by atoms with Crippen LogP contribution in [0.3, 0.4) is 0 Å². The third-order valence-corrected chi connectivity index (χ3v) is 7.87. The lowest BCUT2D eigenvalue weighted by Crippen LogP contribution is -2.52. The second kappa shape index (κ2) is 16.3. The summed E-state index contributed by atoms with van der Waals surface area (Å²) in [6.45, 7) is 9.26. The Morgan fingerprint density at radius 3 is 1.28 bits per heavy atom. The normalized spacial score (nSPS) is 12.3. The summed E-state index contributed by atoms with van der Waals surface area (Å²) in [4.78, 5) is 0. The van der Waals surface area contributed by atoms with Crippen molar-refractivity contribution in [2.45, 2.75) is 72.3 Å². The highest BCUT2D eigenvalue weighted by molar-refractivity contribution is 6.39. The van der Waals surface area contributed by atoms with Gasteiger partial charge in [0.15, 0.2) is 52.4 Å². The fourth-order valence-corrected chi connectivity index (χ4v) is 5.28. The zero-order chi connectivity index (χ0) is 34.2. The van der Waals surface area contributed by atoms with Crippen LogP contribution in [0.25, 0.3) is 0 Å². The van der Waals surface area contributed by atoms with Crippen molar-refractivity contribution in [2.75, 3.05) is 19.6 Å². The monoisotopic (exact) mass is 664 g/mol. The first-order chi connectivity index (χ1) is 21.8. The summed E-state index contributed by atoms with van der Waals surface area (Å²) in [5, 5.41) is 0. The van der Waals surface area contributed by atoms with Crippen LogP contribution in [0.15, 0.2) is 30.3 Å². The lowest BCUT2D eigenvalue weighted by atomic mass is 9.98. The van der Waals surface area contributed by atoms with Crippen LogP contribution in [0, 0.1) is 52.4 Å². The molecule has 0 amide bonds. The summed E-state index contributed by atoms with van der Waals surface area (Å²) >= 11 is 0.